The monoisotopic (exact) mass is 802 g/mol. The number of anilines is 4. The molecule has 5 nitrogen and oxygen atoms in total. The Morgan fingerprint density at radius 1 is 0.557 bits per heavy atom. The van der Waals surface area contributed by atoms with E-state index in [0.717, 1.165) is 45.0 Å². The van der Waals surface area contributed by atoms with Gasteiger partial charge in [0, 0.05) is 40.5 Å². The van der Waals surface area contributed by atoms with E-state index in [-0.39, 0.29) is 16.2 Å². The lowest BCUT2D eigenvalue weighted by Crippen LogP contribution is -2.34. The normalized spacial score (nSPS) is 13.4. The molecule has 9 rings (SSSR count). The molecule has 2 aromatic heterocycles. The minimum absolute atomic E-state index is 0.0122. The average molecular weight is 803 g/mol. The highest BCUT2D eigenvalue weighted by atomic mass is 16.5. The Hall–Kier alpha value is -6.33. The van der Waals surface area contributed by atoms with Crippen LogP contribution in [0, 0.1) is 5.41 Å². The molecule has 6 aromatic carbocycles. The fraction of sp³-hybridized carbons (Fsp3) is 0.268. The molecule has 3 heterocycles. The quantitative estimate of drug-likeness (QED) is 0.153. The van der Waals surface area contributed by atoms with Gasteiger partial charge in [-0.25, -0.2) is 4.98 Å². The Kier molecular flexibility index (Phi) is 9.85. The number of fused-ring (bicyclic) bond motifs is 4. The summed E-state index contributed by atoms with van der Waals surface area (Å²) < 4.78 is 9.30. The van der Waals surface area contributed by atoms with Crippen molar-refractivity contribution >= 4 is 44.6 Å². The van der Waals surface area contributed by atoms with Crippen molar-refractivity contribution in [3.8, 4) is 28.4 Å². The number of benzene rings is 6. The van der Waals surface area contributed by atoms with Crippen molar-refractivity contribution in [3.05, 3.63) is 168 Å². The van der Waals surface area contributed by atoms with Gasteiger partial charge in [0.05, 0.1) is 22.4 Å². The number of hydrogen-bond donors (Lipinski definition) is 0. The zero-order valence-corrected chi connectivity index (χ0v) is 37.4. The highest BCUT2D eigenvalue weighted by Crippen LogP contribution is 2.48. The first-order valence-electron chi connectivity index (χ1n) is 21.8. The first-order valence-corrected chi connectivity index (χ1v) is 21.8. The van der Waals surface area contributed by atoms with E-state index < -0.39 is 0 Å². The maximum absolute atomic E-state index is 7.02. The smallest absolute Gasteiger partial charge is 0.137 e. The van der Waals surface area contributed by atoms with Crippen molar-refractivity contribution in [2.45, 2.75) is 86.0 Å². The van der Waals surface area contributed by atoms with Gasteiger partial charge < -0.3 is 14.5 Å². The van der Waals surface area contributed by atoms with Crippen molar-refractivity contribution in [2.24, 2.45) is 5.41 Å². The summed E-state index contributed by atoms with van der Waals surface area (Å²) in [6.07, 6.45) is 1.93. The van der Waals surface area contributed by atoms with Gasteiger partial charge in [0.1, 0.15) is 24.0 Å². The summed E-state index contributed by atoms with van der Waals surface area (Å²) in [4.78, 5) is 9.80. The van der Waals surface area contributed by atoms with Gasteiger partial charge in [0.2, 0.25) is 0 Å². The standard InChI is InChI=1S/C56H58N4O/c1-37(2)45-20-11-12-21-46(45)38-30-42(59-36-58(50-24-15-16-25-51(50)59)41-19-17-18-40(32-41)56(9,10)55(6,7)8)34-44(31-38)61-43-26-27-48-47-22-13-14-23-49(47)60(52(48)35-43)53-33-39(28-29-57-53)54(3,4)5/h11-35,37H,36H2,1-10H3. The summed E-state index contributed by atoms with van der Waals surface area (Å²) in [7, 11) is 0. The van der Waals surface area contributed by atoms with Crippen LogP contribution in [0.25, 0.3) is 38.8 Å². The van der Waals surface area contributed by atoms with Crippen molar-refractivity contribution in [2.75, 3.05) is 16.5 Å². The van der Waals surface area contributed by atoms with Gasteiger partial charge in [-0.2, -0.15) is 0 Å². The lowest BCUT2D eigenvalue weighted by molar-refractivity contribution is 0.225. The third-order valence-corrected chi connectivity index (χ3v) is 13.3. The molecule has 0 saturated heterocycles. The first kappa shape index (κ1) is 40.1. The van der Waals surface area contributed by atoms with Crippen LogP contribution < -0.4 is 14.5 Å². The van der Waals surface area contributed by atoms with E-state index in [1.165, 1.54) is 44.7 Å². The largest absolute Gasteiger partial charge is 0.457 e. The molecule has 0 bridgehead atoms. The number of hydrogen-bond acceptors (Lipinski definition) is 4. The summed E-state index contributed by atoms with van der Waals surface area (Å²) in [5, 5.41) is 2.35. The molecule has 308 valence electrons. The molecule has 0 aliphatic carbocycles. The third kappa shape index (κ3) is 7.24. The van der Waals surface area contributed by atoms with Crippen LogP contribution in [0.15, 0.2) is 152 Å². The van der Waals surface area contributed by atoms with Crippen molar-refractivity contribution in [3.63, 3.8) is 0 Å². The molecular formula is C56H58N4O. The molecule has 0 amide bonds. The van der Waals surface area contributed by atoms with E-state index in [2.05, 4.69) is 229 Å². The molecule has 1 aliphatic rings. The number of pyridine rings is 1. The first-order chi connectivity index (χ1) is 29.1. The fourth-order valence-electron chi connectivity index (χ4n) is 8.77. The number of para-hydroxylation sites is 3. The van der Waals surface area contributed by atoms with Gasteiger partial charge in [-0.05, 0) is 117 Å². The third-order valence-electron chi connectivity index (χ3n) is 13.3. The molecule has 0 unspecified atom stereocenters. The summed E-state index contributed by atoms with van der Waals surface area (Å²) >= 11 is 0. The second-order valence-corrected chi connectivity index (χ2v) is 19.7. The molecule has 0 saturated carbocycles. The van der Waals surface area contributed by atoms with Gasteiger partial charge >= 0.3 is 0 Å². The highest BCUT2D eigenvalue weighted by molar-refractivity contribution is 6.09. The van der Waals surface area contributed by atoms with Gasteiger partial charge in [0.15, 0.2) is 0 Å². The maximum atomic E-state index is 7.02. The molecule has 8 aromatic rings. The molecular weight excluding hydrogens is 745 g/mol. The molecule has 0 N–H and O–H groups in total. The van der Waals surface area contributed by atoms with Gasteiger partial charge in [-0.1, -0.05) is 136 Å². The number of ether oxygens (including phenoxy) is 1. The van der Waals surface area contributed by atoms with Crippen LogP contribution in [0.4, 0.5) is 22.7 Å². The zero-order chi connectivity index (χ0) is 42.8. The minimum Gasteiger partial charge on any atom is -0.457 e. The SMILES string of the molecule is CC(C)c1ccccc1-c1cc(Oc2ccc3c4ccccc4n(-c4cc(C(C)(C)C)ccn4)c3c2)cc(N2CN(c3cccc(C(C)(C)C(C)(C)C)c3)c3ccccc32)c1. The molecule has 5 heteroatoms. The van der Waals surface area contributed by atoms with Gasteiger partial charge in [-0.3, -0.25) is 4.57 Å². The van der Waals surface area contributed by atoms with E-state index in [1.807, 2.05) is 6.20 Å². The van der Waals surface area contributed by atoms with Crippen molar-refractivity contribution in [1.29, 1.82) is 0 Å². The van der Waals surface area contributed by atoms with Crippen molar-refractivity contribution < 1.29 is 4.74 Å². The van der Waals surface area contributed by atoms with Crippen LogP contribution in [-0.4, -0.2) is 16.2 Å². The van der Waals surface area contributed by atoms with Crippen LogP contribution in [0.3, 0.4) is 0 Å². The summed E-state index contributed by atoms with van der Waals surface area (Å²) in [5.41, 5.74) is 13.1. The van der Waals surface area contributed by atoms with Crippen LogP contribution in [0.1, 0.15) is 91.8 Å². The van der Waals surface area contributed by atoms with E-state index in [1.54, 1.807) is 0 Å². The molecule has 1 aliphatic heterocycles. The lowest BCUT2D eigenvalue weighted by atomic mass is 9.65. The Bertz CT molecular complexity index is 2920. The number of rotatable bonds is 8. The number of nitrogens with zero attached hydrogens (tertiary/aromatic N) is 4. The lowest BCUT2D eigenvalue weighted by Gasteiger charge is -2.40. The van der Waals surface area contributed by atoms with E-state index in [4.69, 9.17) is 9.72 Å². The topological polar surface area (TPSA) is 33.5 Å². The molecule has 0 spiro atoms. The predicted octanol–water partition coefficient (Wildman–Crippen LogP) is 15.6. The Morgan fingerprint density at radius 2 is 1.25 bits per heavy atom. The highest BCUT2D eigenvalue weighted by Gasteiger charge is 2.36. The Morgan fingerprint density at radius 3 is 1.98 bits per heavy atom. The minimum atomic E-state index is -0.0172. The zero-order valence-electron chi connectivity index (χ0n) is 37.4. The molecule has 0 radical (unpaired) electrons. The second-order valence-electron chi connectivity index (χ2n) is 19.7. The summed E-state index contributed by atoms with van der Waals surface area (Å²) in [6.45, 7) is 23.7. The van der Waals surface area contributed by atoms with Crippen LogP contribution >= 0.6 is 0 Å². The maximum Gasteiger partial charge on any atom is 0.137 e. The molecule has 61 heavy (non-hydrogen) atoms. The summed E-state index contributed by atoms with van der Waals surface area (Å²) in [6, 6.07) is 52.8. The Labute approximate surface area is 362 Å². The average Bonchev–Trinajstić information content (AvgIpc) is 3.79. The van der Waals surface area contributed by atoms with Crippen LogP contribution in [0.5, 0.6) is 11.5 Å². The van der Waals surface area contributed by atoms with E-state index in [9.17, 15) is 0 Å². The number of aromatic nitrogens is 2. The summed E-state index contributed by atoms with van der Waals surface area (Å²) in [5.74, 6) is 2.80. The van der Waals surface area contributed by atoms with Gasteiger partial charge in [0.25, 0.3) is 0 Å². The molecule has 0 fully saturated rings. The van der Waals surface area contributed by atoms with Crippen LogP contribution in [-0.2, 0) is 10.8 Å². The van der Waals surface area contributed by atoms with E-state index >= 15 is 0 Å². The second kappa shape index (κ2) is 15.0. The van der Waals surface area contributed by atoms with E-state index in [0.29, 0.717) is 12.6 Å². The van der Waals surface area contributed by atoms with Crippen molar-refractivity contribution in [1.82, 2.24) is 9.55 Å². The molecule has 0 atom stereocenters. The fourth-order valence-corrected chi connectivity index (χ4v) is 8.77. The predicted molar refractivity (Wildman–Crippen MR) is 258 cm³/mol. The van der Waals surface area contributed by atoms with Crippen LogP contribution in [0.2, 0.25) is 0 Å². The Balaban J connectivity index is 1.17. The van der Waals surface area contributed by atoms with Gasteiger partial charge in [-0.15, -0.1) is 0 Å².